The summed E-state index contributed by atoms with van der Waals surface area (Å²) < 4.78 is 16.0. The number of hydrogen-bond donors (Lipinski definition) is 2. The molecule has 2 aromatic carbocycles. The van der Waals surface area contributed by atoms with Crippen LogP contribution in [0.5, 0.6) is 11.5 Å². The summed E-state index contributed by atoms with van der Waals surface area (Å²) in [5.74, 6) is 0.241. The molecule has 7 heteroatoms. The molecule has 1 unspecified atom stereocenters. The average Bonchev–Trinajstić information content (AvgIpc) is 2.69. The van der Waals surface area contributed by atoms with Gasteiger partial charge in [-0.1, -0.05) is 29.4 Å². The Morgan fingerprint density at radius 3 is 2.48 bits per heavy atom. The van der Waals surface area contributed by atoms with E-state index in [0.717, 1.165) is 5.56 Å². The van der Waals surface area contributed by atoms with Crippen LogP contribution in [0.15, 0.2) is 53.7 Å². The van der Waals surface area contributed by atoms with Crippen LogP contribution in [0.25, 0.3) is 0 Å². The molecule has 0 bridgehead atoms. The Morgan fingerprint density at radius 2 is 1.89 bits per heavy atom. The van der Waals surface area contributed by atoms with Crippen molar-refractivity contribution in [1.82, 2.24) is 0 Å². The summed E-state index contributed by atoms with van der Waals surface area (Å²) in [6.07, 6.45) is -0.598. The normalized spacial score (nSPS) is 12.4. The van der Waals surface area contributed by atoms with Gasteiger partial charge in [0.15, 0.2) is 6.10 Å². The molecule has 0 radical (unpaired) electrons. The molecule has 0 aliphatic heterocycles. The number of carboxylic acids is 1. The Kier molecular flexibility index (Phi) is 7.63. The number of hydrogen-bond acceptors (Lipinski definition) is 6. The monoisotopic (exact) mass is 373 g/mol. The van der Waals surface area contributed by atoms with Crippen molar-refractivity contribution in [2.45, 2.75) is 19.4 Å². The van der Waals surface area contributed by atoms with Crippen molar-refractivity contribution < 1.29 is 29.3 Å². The summed E-state index contributed by atoms with van der Waals surface area (Å²) in [6.45, 7) is 2.17. The highest BCUT2D eigenvalue weighted by Crippen LogP contribution is 2.17. The van der Waals surface area contributed by atoms with E-state index in [9.17, 15) is 10.0 Å². The van der Waals surface area contributed by atoms with Crippen LogP contribution in [0.4, 0.5) is 0 Å². The first kappa shape index (κ1) is 20.3. The maximum Gasteiger partial charge on any atom is 0.333 e. The minimum atomic E-state index is -0.987. The Balaban J connectivity index is 1.98. The summed E-state index contributed by atoms with van der Waals surface area (Å²) in [6, 6.07) is 14.2. The van der Waals surface area contributed by atoms with Gasteiger partial charge in [-0.3, -0.25) is 0 Å². The van der Waals surface area contributed by atoms with Crippen LogP contribution >= 0.6 is 0 Å². The van der Waals surface area contributed by atoms with E-state index in [1.807, 2.05) is 0 Å². The zero-order valence-electron chi connectivity index (χ0n) is 15.3. The molecule has 0 heterocycles. The van der Waals surface area contributed by atoms with Gasteiger partial charge in [-0.25, -0.2) is 4.79 Å². The molecule has 0 aromatic heterocycles. The van der Waals surface area contributed by atoms with Gasteiger partial charge in [0.25, 0.3) is 0 Å². The smallest absolute Gasteiger partial charge is 0.333 e. The minimum Gasteiger partial charge on any atom is -0.497 e. The van der Waals surface area contributed by atoms with Gasteiger partial charge in [-0.05, 0) is 36.8 Å². The molecule has 0 saturated carbocycles. The highest BCUT2D eigenvalue weighted by Gasteiger charge is 2.17. The summed E-state index contributed by atoms with van der Waals surface area (Å²) in [4.78, 5) is 11.2. The topological polar surface area (TPSA) is 97.6 Å². The number of aliphatic carboxylic acids is 1. The molecule has 2 N–H and O–H groups in total. The van der Waals surface area contributed by atoms with E-state index >= 15 is 0 Å². The van der Waals surface area contributed by atoms with Crippen molar-refractivity contribution in [2.24, 2.45) is 5.16 Å². The van der Waals surface area contributed by atoms with E-state index < -0.39 is 12.1 Å². The fourth-order valence-electron chi connectivity index (χ4n) is 2.48. The highest BCUT2D eigenvalue weighted by molar-refractivity contribution is 6.01. The first-order valence-corrected chi connectivity index (χ1v) is 8.48. The lowest BCUT2D eigenvalue weighted by atomic mass is 10.1. The number of carbonyl (C=O) groups is 1. The molecule has 0 aliphatic carbocycles. The lowest BCUT2D eigenvalue weighted by molar-refractivity contribution is -0.149. The molecule has 7 nitrogen and oxygen atoms in total. The Hall–Kier alpha value is -3.06. The van der Waals surface area contributed by atoms with Crippen LogP contribution in [0, 0.1) is 0 Å². The Bertz CT molecular complexity index is 772. The number of rotatable bonds is 10. The number of oxime groups is 1. The predicted octanol–water partition coefficient (Wildman–Crippen LogP) is 2.98. The first-order chi connectivity index (χ1) is 13.1. The fourth-order valence-corrected chi connectivity index (χ4v) is 2.48. The second kappa shape index (κ2) is 10.2. The van der Waals surface area contributed by atoms with Crippen molar-refractivity contribution in [3.63, 3.8) is 0 Å². The molecule has 1 atom stereocenters. The number of nitrogens with zero attached hydrogens (tertiary/aromatic N) is 1. The van der Waals surface area contributed by atoms with Gasteiger partial charge in [0.05, 0.1) is 7.11 Å². The Morgan fingerprint density at radius 1 is 1.15 bits per heavy atom. The van der Waals surface area contributed by atoms with Crippen molar-refractivity contribution in [3.05, 3.63) is 59.7 Å². The maximum atomic E-state index is 11.2. The standard InChI is InChI=1S/C20H23NO6/c1-3-26-19(20(22)23)11-14-7-9-16(10-8-14)27-13-18(21-24)15-5-4-6-17(12-15)25-2/h4-10,12,19,24H,3,11,13H2,1-2H3,(H,22,23)/b21-18+. The lowest BCUT2D eigenvalue weighted by Crippen LogP contribution is -2.26. The van der Waals surface area contributed by atoms with Crippen molar-refractivity contribution >= 4 is 11.7 Å². The molecule has 0 amide bonds. The van der Waals surface area contributed by atoms with Gasteiger partial charge in [0.1, 0.15) is 23.8 Å². The van der Waals surface area contributed by atoms with Crippen LogP contribution in [0.1, 0.15) is 18.1 Å². The number of carboxylic acid groups (broad SMARTS) is 1. The van der Waals surface area contributed by atoms with Crippen LogP contribution in [-0.2, 0) is 16.0 Å². The number of methoxy groups -OCH3 is 1. The van der Waals surface area contributed by atoms with E-state index in [0.29, 0.717) is 29.4 Å². The minimum absolute atomic E-state index is 0.0692. The summed E-state index contributed by atoms with van der Waals surface area (Å²) in [5, 5.41) is 21.7. The molecule has 2 aromatic rings. The van der Waals surface area contributed by atoms with Gasteiger partial charge in [-0.15, -0.1) is 0 Å². The van der Waals surface area contributed by atoms with Gasteiger partial charge >= 0.3 is 5.97 Å². The Labute approximate surface area is 157 Å². The predicted molar refractivity (Wildman–Crippen MR) is 100 cm³/mol. The van der Waals surface area contributed by atoms with E-state index in [4.69, 9.17) is 19.3 Å². The van der Waals surface area contributed by atoms with Crippen LogP contribution in [0.2, 0.25) is 0 Å². The maximum absolute atomic E-state index is 11.2. The van der Waals surface area contributed by atoms with Gasteiger partial charge < -0.3 is 24.5 Å². The second-order valence-corrected chi connectivity index (χ2v) is 5.70. The van der Waals surface area contributed by atoms with E-state index in [-0.39, 0.29) is 13.0 Å². The third kappa shape index (κ3) is 6.00. The fraction of sp³-hybridized carbons (Fsp3) is 0.300. The molecule has 0 fully saturated rings. The molecule has 27 heavy (non-hydrogen) atoms. The first-order valence-electron chi connectivity index (χ1n) is 8.48. The van der Waals surface area contributed by atoms with E-state index in [1.165, 1.54) is 0 Å². The molecular weight excluding hydrogens is 350 g/mol. The average molecular weight is 373 g/mol. The van der Waals surface area contributed by atoms with E-state index in [1.54, 1.807) is 62.6 Å². The van der Waals surface area contributed by atoms with E-state index in [2.05, 4.69) is 5.16 Å². The summed E-state index contributed by atoms with van der Waals surface area (Å²) in [7, 11) is 1.56. The summed E-state index contributed by atoms with van der Waals surface area (Å²) in [5.41, 5.74) is 1.88. The molecule has 0 spiro atoms. The number of benzene rings is 2. The third-order valence-corrected chi connectivity index (χ3v) is 3.89. The number of ether oxygens (including phenoxy) is 3. The van der Waals surface area contributed by atoms with Gasteiger partial charge in [0.2, 0.25) is 0 Å². The molecular formula is C20H23NO6. The lowest BCUT2D eigenvalue weighted by Gasteiger charge is -2.13. The third-order valence-electron chi connectivity index (χ3n) is 3.89. The van der Waals surface area contributed by atoms with Crippen LogP contribution < -0.4 is 9.47 Å². The zero-order valence-corrected chi connectivity index (χ0v) is 15.3. The quantitative estimate of drug-likeness (QED) is 0.377. The van der Waals surface area contributed by atoms with Crippen LogP contribution in [-0.4, -0.2) is 48.4 Å². The summed E-state index contributed by atoms with van der Waals surface area (Å²) >= 11 is 0. The second-order valence-electron chi connectivity index (χ2n) is 5.70. The molecule has 0 saturated heterocycles. The molecule has 2 rings (SSSR count). The van der Waals surface area contributed by atoms with Crippen molar-refractivity contribution in [2.75, 3.05) is 20.3 Å². The van der Waals surface area contributed by atoms with Gasteiger partial charge in [0, 0.05) is 18.6 Å². The highest BCUT2D eigenvalue weighted by atomic mass is 16.5. The van der Waals surface area contributed by atoms with Crippen LogP contribution in [0.3, 0.4) is 0 Å². The van der Waals surface area contributed by atoms with Crippen molar-refractivity contribution in [1.29, 1.82) is 0 Å². The zero-order chi connectivity index (χ0) is 19.6. The van der Waals surface area contributed by atoms with Gasteiger partial charge in [-0.2, -0.15) is 0 Å². The molecule has 0 aliphatic rings. The SMILES string of the molecule is CCOC(Cc1ccc(OC/C(=N\O)c2cccc(OC)c2)cc1)C(=O)O. The largest absolute Gasteiger partial charge is 0.497 e. The van der Waals surface area contributed by atoms with Crippen molar-refractivity contribution in [3.8, 4) is 11.5 Å². The molecule has 144 valence electrons.